The average Bonchev–Trinajstić information content (AvgIpc) is 2.96. The van der Waals surface area contributed by atoms with Crippen molar-refractivity contribution < 1.29 is 48.3 Å². The summed E-state index contributed by atoms with van der Waals surface area (Å²) in [6.45, 7) is 2.52. The van der Waals surface area contributed by atoms with Gasteiger partial charge >= 0.3 is 11.9 Å². The zero-order chi connectivity index (χ0) is 33.1. The summed E-state index contributed by atoms with van der Waals surface area (Å²) in [5, 5.41) is 38.4. The van der Waals surface area contributed by atoms with E-state index in [1.165, 1.54) is 56.3 Å². The number of carbonyl (C=O) groups excluding carboxylic acids is 2. The Kier molecular flexibility index (Phi) is 8.45. The lowest BCUT2D eigenvalue weighted by molar-refractivity contribution is -0.132. The van der Waals surface area contributed by atoms with E-state index < -0.39 is 22.8 Å². The highest BCUT2D eigenvalue weighted by Crippen LogP contribution is 2.32. The van der Waals surface area contributed by atoms with Gasteiger partial charge in [0.05, 0.1) is 0 Å². The lowest BCUT2D eigenvalue weighted by Crippen LogP contribution is -2.04. The Hall–Kier alpha value is -6.56. The number of ether oxygens (including phenoxy) is 2. The van der Waals surface area contributed by atoms with Gasteiger partial charge in [-0.2, -0.15) is 0 Å². The molecule has 0 saturated carbocycles. The maximum atomic E-state index is 12.3. The maximum absolute atomic E-state index is 12.3. The number of hydrogen-bond acceptors (Lipinski definition) is 12. The van der Waals surface area contributed by atoms with Crippen LogP contribution in [0, 0.1) is 0 Å². The summed E-state index contributed by atoms with van der Waals surface area (Å²) in [6.07, 6.45) is 0. The van der Waals surface area contributed by atoms with E-state index in [4.69, 9.17) is 18.3 Å². The summed E-state index contributed by atoms with van der Waals surface area (Å²) in [5.74, 6) is -0.814. The molecule has 0 aliphatic heterocycles. The van der Waals surface area contributed by atoms with E-state index in [9.17, 15) is 39.6 Å². The van der Waals surface area contributed by atoms with E-state index >= 15 is 0 Å². The minimum absolute atomic E-state index is 0.0128. The number of rotatable bonds is 4. The molecule has 0 fully saturated rings. The van der Waals surface area contributed by atoms with E-state index in [0.717, 1.165) is 6.07 Å². The van der Waals surface area contributed by atoms with Gasteiger partial charge in [0, 0.05) is 61.4 Å². The van der Waals surface area contributed by atoms with Crippen molar-refractivity contribution in [1.82, 2.24) is 0 Å². The number of carbonyl (C=O) groups is 2. The Morgan fingerprint density at radius 1 is 0.543 bits per heavy atom. The number of phenols is 4. The molecule has 2 aromatic heterocycles. The van der Waals surface area contributed by atoms with Crippen LogP contribution in [-0.2, 0) is 9.59 Å². The molecule has 46 heavy (non-hydrogen) atoms. The Morgan fingerprint density at radius 3 is 1.52 bits per heavy atom. The fraction of sp³-hybridized carbons (Fsp3) is 0.0588. The van der Waals surface area contributed by atoms with Crippen LogP contribution in [0.1, 0.15) is 13.8 Å². The molecule has 12 heteroatoms. The summed E-state index contributed by atoms with van der Waals surface area (Å²) in [4.78, 5) is 46.4. The van der Waals surface area contributed by atoms with Crippen molar-refractivity contribution in [3.8, 4) is 57.1 Å². The highest BCUT2D eigenvalue weighted by Gasteiger charge is 2.15. The van der Waals surface area contributed by atoms with Crippen molar-refractivity contribution in [2.45, 2.75) is 13.8 Å². The zero-order valence-corrected chi connectivity index (χ0v) is 24.1. The number of esters is 2. The normalized spacial score (nSPS) is 10.7. The number of fused-ring (bicyclic) bond motifs is 2. The van der Waals surface area contributed by atoms with Crippen LogP contribution in [0.3, 0.4) is 0 Å². The van der Waals surface area contributed by atoms with E-state index in [-0.39, 0.29) is 62.2 Å². The van der Waals surface area contributed by atoms with Gasteiger partial charge in [0.25, 0.3) is 0 Å². The first-order valence-corrected chi connectivity index (χ1v) is 13.5. The van der Waals surface area contributed by atoms with Crippen LogP contribution in [0.25, 0.3) is 44.6 Å². The summed E-state index contributed by atoms with van der Waals surface area (Å²) in [6, 6.07) is 19.9. The Morgan fingerprint density at radius 2 is 1.00 bits per heavy atom. The molecule has 12 nitrogen and oxygen atoms in total. The highest BCUT2D eigenvalue weighted by molar-refractivity contribution is 5.87. The monoisotopic (exact) mass is 624 g/mol. The quantitative estimate of drug-likeness (QED) is 0.140. The molecule has 6 aromatic rings. The lowest BCUT2D eigenvalue weighted by Gasteiger charge is -2.08. The molecule has 0 bridgehead atoms. The number of hydrogen-bond donors (Lipinski definition) is 4. The van der Waals surface area contributed by atoms with Crippen LogP contribution in [0.4, 0.5) is 0 Å². The van der Waals surface area contributed by atoms with Crippen LogP contribution in [0.5, 0.6) is 34.5 Å². The van der Waals surface area contributed by atoms with Crippen LogP contribution in [0.2, 0.25) is 0 Å². The summed E-state index contributed by atoms with van der Waals surface area (Å²) >= 11 is 0. The van der Waals surface area contributed by atoms with Gasteiger partial charge in [0.15, 0.2) is 10.9 Å². The van der Waals surface area contributed by atoms with Crippen molar-refractivity contribution >= 4 is 33.9 Å². The van der Waals surface area contributed by atoms with Gasteiger partial charge in [-0.05, 0) is 48.5 Å². The van der Waals surface area contributed by atoms with Crippen molar-refractivity contribution in [3.05, 3.63) is 105 Å². The molecule has 4 N–H and O–H groups in total. The van der Waals surface area contributed by atoms with Gasteiger partial charge in [0.2, 0.25) is 0 Å². The predicted molar refractivity (Wildman–Crippen MR) is 165 cm³/mol. The van der Waals surface area contributed by atoms with Gasteiger partial charge in [-0.25, -0.2) is 0 Å². The van der Waals surface area contributed by atoms with Gasteiger partial charge < -0.3 is 38.7 Å². The van der Waals surface area contributed by atoms with E-state index in [1.807, 2.05) is 0 Å². The molecule has 232 valence electrons. The minimum atomic E-state index is -0.566. The molecule has 0 radical (unpaired) electrons. The summed E-state index contributed by atoms with van der Waals surface area (Å²) in [5.41, 5.74) is 0.483. The fourth-order valence-electron chi connectivity index (χ4n) is 4.49. The predicted octanol–water partition coefficient (Wildman–Crippen LogP) is 5.59. The molecule has 0 unspecified atom stereocenters. The second kappa shape index (κ2) is 12.6. The fourth-order valence-corrected chi connectivity index (χ4v) is 4.49. The van der Waals surface area contributed by atoms with Crippen molar-refractivity contribution in [2.75, 3.05) is 0 Å². The molecule has 0 spiro atoms. The van der Waals surface area contributed by atoms with E-state index in [1.54, 1.807) is 36.4 Å². The third-order valence-electron chi connectivity index (χ3n) is 6.39. The van der Waals surface area contributed by atoms with Crippen LogP contribution < -0.4 is 20.3 Å². The molecule has 4 aromatic carbocycles. The minimum Gasteiger partial charge on any atom is -0.508 e. The number of phenolic OH excluding ortho intramolecular Hbond substituents is 4. The Labute approximate surface area is 258 Å². The van der Waals surface area contributed by atoms with Crippen LogP contribution in [0.15, 0.2) is 103 Å². The standard InChI is InChI=1S/C19H14O7.C15H10O5/c1-10(20)24-13-5-3-12(4-6-13)17-9-16(23)19-15(22)7-14(25-11(2)21)8-18(19)26-17;16-9-3-1-8(2-4-9)13-7-12(19)15-11(18)5-10(17)6-14(15)20-13/h3-9,22H,1-2H3;1-7,16-18H. The molecule has 0 amide bonds. The first-order chi connectivity index (χ1) is 21.9. The van der Waals surface area contributed by atoms with Gasteiger partial charge in [-0.15, -0.1) is 0 Å². The molecule has 0 aliphatic carbocycles. The second-order valence-electron chi connectivity index (χ2n) is 9.86. The van der Waals surface area contributed by atoms with Crippen molar-refractivity contribution in [3.63, 3.8) is 0 Å². The SMILES string of the molecule is CC(=O)Oc1ccc(-c2cc(=O)c3c(O)cc(OC(C)=O)cc3o2)cc1.O=c1cc(-c2ccc(O)cc2)oc2cc(O)cc(O)c12. The van der Waals surface area contributed by atoms with E-state index in [0.29, 0.717) is 16.9 Å². The van der Waals surface area contributed by atoms with Gasteiger partial charge in [-0.3, -0.25) is 19.2 Å². The molecule has 0 aliphatic rings. The Balaban J connectivity index is 0.000000187. The summed E-state index contributed by atoms with van der Waals surface area (Å²) in [7, 11) is 0. The molecule has 0 atom stereocenters. The first kappa shape index (κ1) is 30.9. The third-order valence-corrected chi connectivity index (χ3v) is 6.39. The number of aromatic hydroxyl groups is 4. The highest BCUT2D eigenvalue weighted by atomic mass is 16.5. The smallest absolute Gasteiger partial charge is 0.308 e. The van der Waals surface area contributed by atoms with Crippen LogP contribution in [-0.4, -0.2) is 32.4 Å². The van der Waals surface area contributed by atoms with Crippen molar-refractivity contribution in [2.24, 2.45) is 0 Å². The van der Waals surface area contributed by atoms with Crippen LogP contribution >= 0.6 is 0 Å². The molecular formula is C34H24O12. The van der Waals surface area contributed by atoms with Gasteiger partial charge in [0.1, 0.15) is 68.0 Å². The van der Waals surface area contributed by atoms with E-state index in [2.05, 4.69) is 0 Å². The molecule has 6 rings (SSSR count). The number of benzene rings is 4. The zero-order valence-electron chi connectivity index (χ0n) is 24.1. The summed E-state index contributed by atoms with van der Waals surface area (Å²) < 4.78 is 21.1. The maximum Gasteiger partial charge on any atom is 0.308 e. The van der Waals surface area contributed by atoms with Crippen molar-refractivity contribution in [1.29, 1.82) is 0 Å². The lowest BCUT2D eigenvalue weighted by atomic mass is 10.1. The molecule has 2 heterocycles. The topological polar surface area (TPSA) is 194 Å². The largest absolute Gasteiger partial charge is 0.508 e. The average molecular weight is 625 g/mol. The van der Waals surface area contributed by atoms with Gasteiger partial charge in [-0.1, -0.05) is 0 Å². The molecular weight excluding hydrogens is 600 g/mol. The molecule has 0 saturated heterocycles. The Bertz CT molecular complexity index is 2230. The third kappa shape index (κ3) is 6.81. The first-order valence-electron chi connectivity index (χ1n) is 13.5. The second-order valence-corrected chi connectivity index (χ2v) is 9.86.